The van der Waals surface area contributed by atoms with E-state index >= 15 is 0 Å². The van der Waals surface area contributed by atoms with Crippen LogP contribution in [0, 0.1) is 5.82 Å². The second kappa shape index (κ2) is 6.93. The molecule has 0 aromatic heterocycles. The number of amides is 1. The van der Waals surface area contributed by atoms with Crippen LogP contribution in [0.15, 0.2) is 42.5 Å². The summed E-state index contributed by atoms with van der Waals surface area (Å²) in [5.41, 5.74) is 2.92. The van der Waals surface area contributed by atoms with Gasteiger partial charge in [-0.25, -0.2) is 12.8 Å². The lowest BCUT2D eigenvalue weighted by molar-refractivity contribution is 0.102. The molecule has 25 heavy (non-hydrogen) atoms. The number of sulfonamides is 1. The van der Waals surface area contributed by atoms with Crippen molar-refractivity contribution in [3.63, 3.8) is 0 Å². The Bertz CT molecular complexity index is 895. The first kappa shape index (κ1) is 17.6. The topological polar surface area (TPSA) is 66.5 Å². The van der Waals surface area contributed by atoms with Crippen molar-refractivity contribution < 1.29 is 17.6 Å². The van der Waals surface area contributed by atoms with Crippen LogP contribution >= 0.6 is 0 Å². The molecule has 5 nitrogen and oxygen atoms in total. The molecule has 1 aliphatic rings. The number of fused-ring (bicyclic) bond motifs is 1. The summed E-state index contributed by atoms with van der Waals surface area (Å²) in [6.07, 6.45) is 0.654. The van der Waals surface area contributed by atoms with E-state index in [1.54, 1.807) is 19.1 Å². The van der Waals surface area contributed by atoms with Crippen molar-refractivity contribution >= 4 is 21.6 Å². The van der Waals surface area contributed by atoms with E-state index in [1.807, 2.05) is 6.07 Å². The highest BCUT2D eigenvalue weighted by atomic mass is 32.2. The van der Waals surface area contributed by atoms with E-state index in [-0.39, 0.29) is 11.7 Å². The second-order valence-electron chi connectivity index (χ2n) is 5.93. The molecular formula is C18H19FN2O3S. The fourth-order valence-electron chi connectivity index (χ4n) is 2.83. The molecule has 2 aromatic carbocycles. The molecule has 0 saturated heterocycles. The van der Waals surface area contributed by atoms with Crippen LogP contribution < -0.4 is 5.32 Å². The van der Waals surface area contributed by atoms with Crippen molar-refractivity contribution in [1.82, 2.24) is 4.31 Å². The minimum absolute atomic E-state index is 0.0727. The highest BCUT2D eigenvalue weighted by molar-refractivity contribution is 7.89. The van der Waals surface area contributed by atoms with Gasteiger partial charge in [-0.1, -0.05) is 6.07 Å². The lowest BCUT2D eigenvalue weighted by atomic mass is 10.0. The Balaban J connectivity index is 1.78. The number of anilines is 1. The minimum atomic E-state index is -3.24. The minimum Gasteiger partial charge on any atom is -0.322 e. The average molecular weight is 362 g/mol. The maximum absolute atomic E-state index is 12.9. The van der Waals surface area contributed by atoms with Gasteiger partial charge in [-0.3, -0.25) is 4.79 Å². The maximum Gasteiger partial charge on any atom is 0.255 e. The predicted octanol–water partition coefficient (Wildman–Crippen LogP) is 2.79. The number of halogens is 1. The van der Waals surface area contributed by atoms with E-state index in [2.05, 4.69) is 5.32 Å². The van der Waals surface area contributed by atoms with Gasteiger partial charge in [0.2, 0.25) is 10.0 Å². The van der Waals surface area contributed by atoms with Gasteiger partial charge in [0.25, 0.3) is 5.91 Å². The second-order valence-corrected chi connectivity index (χ2v) is 8.19. The zero-order valence-corrected chi connectivity index (χ0v) is 14.6. The Kier molecular flexibility index (Phi) is 4.87. The molecule has 1 heterocycles. The standard InChI is InChI=1S/C18H19FN2O3S/c1-2-25(23,24)21-10-9-13-5-8-17(11-15(13)12-21)20-18(22)14-3-6-16(19)7-4-14/h3-8,11H,2,9-10,12H2,1H3,(H,20,22). The summed E-state index contributed by atoms with van der Waals surface area (Å²) >= 11 is 0. The molecule has 0 saturated carbocycles. The van der Waals surface area contributed by atoms with Gasteiger partial charge in [-0.05, 0) is 60.9 Å². The van der Waals surface area contributed by atoms with E-state index in [0.717, 1.165) is 11.1 Å². The highest BCUT2D eigenvalue weighted by Crippen LogP contribution is 2.24. The van der Waals surface area contributed by atoms with E-state index in [0.29, 0.717) is 30.8 Å². The lowest BCUT2D eigenvalue weighted by Crippen LogP contribution is -2.36. The number of benzene rings is 2. The number of carbonyl (C=O) groups excluding carboxylic acids is 1. The third-order valence-corrected chi connectivity index (χ3v) is 6.13. The summed E-state index contributed by atoms with van der Waals surface area (Å²) in [4.78, 5) is 12.2. The van der Waals surface area contributed by atoms with Gasteiger partial charge < -0.3 is 5.32 Å². The maximum atomic E-state index is 12.9. The molecule has 0 fully saturated rings. The quantitative estimate of drug-likeness (QED) is 0.909. The fourth-order valence-corrected chi connectivity index (χ4v) is 3.90. The van der Waals surface area contributed by atoms with Crippen molar-refractivity contribution in [3.8, 4) is 0 Å². The predicted molar refractivity (Wildman–Crippen MR) is 94.4 cm³/mol. The number of nitrogens with one attached hydrogen (secondary N) is 1. The van der Waals surface area contributed by atoms with E-state index in [4.69, 9.17) is 0 Å². The van der Waals surface area contributed by atoms with Crippen molar-refractivity contribution in [2.75, 3.05) is 17.6 Å². The zero-order chi connectivity index (χ0) is 18.0. The Morgan fingerprint density at radius 2 is 1.88 bits per heavy atom. The molecule has 1 N–H and O–H groups in total. The smallest absolute Gasteiger partial charge is 0.255 e. The van der Waals surface area contributed by atoms with Crippen LogP contribution in [0.3, 0.4) is 0 Å². The van der Waals surface area contributed by atoms with Crippen LogP contribution in [0.5, 0.6) is 0 Å². The molecule has 0 spiro atoms. The molecule has 132 valence electrons. The first-order valence-corrected chi connectivity index (χ1v) is 9.66. The van der Waals surface area contributed by atoms with Crippen molar-refractivity contribution in [2.24, 2.45) is 0 Å². The molecule has 7 heteroatoms. The molecule has 0 aliphatic carbocycles. The number of nitrogens with zero attached hydrogens (tertiary/aromatic N) is 1. The van der Waals surface area contributed by atoms with E-state index in [9.17, 15) is 17.6 Å². The Morgan fingerprint density at radius 3 is 2.56 bits per heavy atom. The van der Waals surface area contributed by atoms with Gasteiger partial charge in [0.1, 0.15) is 5.82 Å². The number of carbonyl (C=O) groups is 1. The van der Waals surface area contributed by atoms with Gasteiger partial charge >= 0.3 is 0 Å². The highest BCUT2D eigenvalue weighted by Gasteiger charge is 2.25. The summed E-state index contributed by atoms with van der Waals surface area (Å²) in [7, 11) is -3.24. The van der Waals surface area contributed by atoms with Gasteiger partial charge in [0.15, 0.2) is 0 Å². The first-order valence-electron chi connectivity index (χ1n) is 8.05. The summed E-state index contributed by atoms with van der Waals surface area (Å²) in [6, 6.07) is 10.8. The Hall–Kier alpha value is -2.25. The van der Waals surface area contributed by atoms with Crippen molar-refractivity contribution in [2.45, 2.75) is 19.9 Å². The Labute approximate surface area is 146 Å². The van der Waals surface area contributed by atoms with Crippen LogP contribution in [0.4, 0.5) is 10.1 Å². The SMILES string of the molecule is CCS(=O)(=O)N1CCc2ccc(NC(=O)c3ccc(F)cc3)cc2C1. The summed E-state index contributed by atoms with van der Waals surface area (Å²) < 4.78 is 38.5. The Morgan fingerprint density at radius 1 is 1.16 bits per heavy atom. The van der Waals surface area contributed by atoms with Gasteiger partial charge in [0.05, 0.1) is 5.75 Å². The molecule has 0 unspecified atom stereocenters. The van der Waals surface area contributed by atoms with Crippen LogP contribution in [0.2, 0.25) is 0 Å². The normalized spacial score (nSPS) is 14.8. The zero-order valence-electron chi connectivity index (χ0n) is 13.8. The van der Waals surface area contributed by atoms with Gasteiger partial charge in [-0.15, -0.1) is 0 Å². The number of hydrogen-bond donors (Lipinski definition) is 1. The van der Waals surface area contributed by atoms with Crippen LogP contribution in [-0.4, -0.2) is 30.9 Å². The first-order chi connectivity index (χ1) is 11.9. The molecule has 3 rings (SSSR count). The monoisotopic (exact) mass is 362 g/mol. The fraction of sp³-hybridized carbons (Fsp3) is 0.278. The summed E-state index contributed by atoms with van der Waals surface area (Å²) in [5, 5.41) is 2.77. The van der Waals surface area contributed by atoms with Crippen molar-refractivity contribution in [1.29, 1.82) is 0 Å². The molecule has 0 atom stereocenters. The number of hydrogen-bond acceptors (Lipinski definition) is 3. The van der Waals surface area contributed by atoms with Crippen LogP contribution in [0.25, 0.3) is 0 Å². The lowest BCUT2D eigenvalue weighted by Gasteiger charge is -2.28. The molecule has 2 aromatic rings. The molecule has 1 amide bonds. The van der Waals surface area contributed by atoms with Crippen LogP contribution in [0.1, 0.15) is 28.4 Å². The van der Waals surface area contributed by atoms with Gasteiger partial charge in [0, 0.05) is 24.3 Å². The molecule has 0 bridgehead atoms. The third-order valence-electron chi connectivity index (χ3n) is 4.31. The molecular weight excluding hydrogens is 343 g/mol. The third kappa shape index (κ3) is 3.88. The molecule has 0 radical (unpaired) electrons. The average Bonchev–Trinajstić information content (AvgIpc) is 2.61. The van der Waals surface area contributed by atoms with Crippen molar-refractivity contribution in [3.05, 3.63) is 65.0 Å². The van der Waals surface area contributed by atoms with Crippen LogP contribution in [-0.2, 0) is 23.0 Å². The largest absolute Gasteiger partial charge is 0.322 e. The van der Waals surface area contributed by atoms with E-state index in [1.165, 1.54) is 28.6 Å². The summed E-state index contributed by atoms with van der Waals surface area (Å²) in [6.45, 7) is 2.42. The molecule has 1 aliphatic heterocycles. The van der Waals surface area contributed by atoms with E-state index < -0.39 is 15.8 Å². The summed E-state index contributed by atoms with van der Waals surface area (Å²) in [5.74, 6) is -0.667. The van der Waals surface area contributed by atoms with Gasteiger partial charge in [-0.2, -0.15) is 4.31 Å². The number of rotatable bonds is 4.